The van der Waals surface area contributed by atoms with Crippen molar-refractivity contribution in [2.24, 2.45) is 0 Å². The number of carbonyl (C=O) groups excluding carboxylic acids is 2. The summed E-state index contributed by atoms with van der Waals surface area (Å²) < 4.78 is 21.5. The summed E-state index contributed by atoms with van der Waals surface area (Å²) in [5, 5.41) is 81.9. The molecule has 224 valence electrons. The summed E-state index contributed by atoms with van der Waals surface area (Å²) in [5.41, 5.74) is -2.60. The number of phenolic OH excluding ortho intramolecular Hbond substituents is 1. The van der Waals surface area contributed by atoms with Gasteiger partial charge in [-0.2, -0.15) is 0 Å². The van der Waals surface area contributed by atoms with E-state index in [0.29, 0.717) is 0 Å². The minimum absolute atomic E-state index is 0.0224. The molecular formula is C27H32O14. The van der Waals surface area contributed by atoms with Gasteiger partial charge in [-0.05, 0) is 43.2 Å². The number of aromatic hydroxyl groups is 1. The Hall–Kier alpha value is -3.34. The predicted octanol–water partition coefficient (Wildman–Crippen LogP) is -1.91. The Morgan fingerprint density at radius 1 is 0.902 bits per heavy atom. The van der Waals surface area contributed by atoms with Crippen molar-refractivity contribution >= 4 is 11.9 Å². The fourth-order valence-electron chi connectivity index (χ4n) is 4.60. The van der Waals surface area contributed by atoms with Crippen LogP contribution in [0.2, 0.25) is 0 Å². The quantitative estimate of drug-likeness (QED) is 0.159. The van der Waals surface area contributed by atoms with Gasteiger partial charge >= 0.3 is 11.9 Å². The lowest BCUT2D eigenvalue weighted by Crippen LogP contribution is -2.65. The van der Waals surface area contributed by atoms with Gasteiger partial charge < -0.3 is 59.8 Å². The molecule has 2 aromatic carbocycles. The lowest BCUT2D eigenvalue weighted by molar-refractivity contribution is -0.277. The van der Waals surface area contributed by atoms with Crippen LogP contribution in [-0.4, -0.2) is 114 Å². The van der Waals surface area contributed by atoms with Crippen molar-refractivity contribution in [2.75, 3.05) is 6.61 Å². The molecule has 2 aliphatic rings. The summed E-state index contributed by atoms with van der Waals surface area (Å²) in [6.45, 7) is -1.18. The Kier molecular flexibility index (Phi) is 9.46. The van der Waals surface area contributed by atoms with E-state index in [9.17, 15) is 50.4 Å². The molecule has 41 heavy (non-hydrogen) atoms. The Morgan fingerprint density at radius 2 is 1.61 bits per heavy atom. The Morgan fingerprint density at radius 3 is 2.32 bits per heavy atom. The monoisotopic (exact) mass is 580 g/mol. The van der Waals surface area contributed by atoms with Gasteiger partial charge in [-0.1, -0.05) is 18.2 Å². The topological polar surface area (TPSA) is 233 Å². The molecule has 1 saturated carbocycles. The van der Waals surface area contributed by atoms with Crippen LogP contribution in [0.15, 0.2) is 48.5 Å². The minimum Gasteiger partial charge on any atom is -0.508 e. The Labute approximate surface area is 233 Å². The number of rotatable bonds is 8. The van der Waals surface area contributed by atoms with E-state index < -0.39 is 79.8 Å². The van der Waals surface area contributed by atoms with Gasteiger partial charge in [0.15, 0.2) is 0 Å². The van der Waals surface area contributed by atoms with Gasteiger partial charge in [0.1, 0.15) is 55.2 Å². The third-order valence-corrected chi connectivity index (χ3v) is 7.09. The van der Waals surface area contributed by atoms with Crippen molar-refractivity contribution in [3.05, 3.63) is 59.7 Å². The predicted molar refractivity (Wildman–Crippen MR) is 134 cm³/mol. The maximum Gasteiger partial charge on any atom is 0.344 e. The maximum atomic E-state index is 12.7. The zero-order valence-electron chi connectivity index (χ0n) is 21.6. The summed E-state index contributed by atoms with van der Waals surface area (Å²) >= 11 is 0. The van der Waals surface area contributed by atoms with Crippen LogP contribution in [0.1, 0.15) is 28.8 Å². The van der Waals surface area contributed by atoms with E-state index in [0.717, 1.165) is 6.07 Å². The van der Waals surface area contributed by atoms with Crippen LogP contribution in [-0.2, 0) is 25.6 Å². The van der Waals surface area contributed by atoms with Crippen molar-refractivity contribution in [3.8, 4) is 11.5 Å². The highest BCUT2D eigenvalue weighted by Crippen LogP contribution is 2.33. The number of aliphatic hydroxyl groups excluding tert-OH is 6. The van der Waals surface area contributed by atoms with Gasteiger partial charge in [0.2, 0.25) is 11.9 Å². The second kappa shape index (κ2) is 12.7. The number of phenols is 1. The second-order valence-electron chi connectivity index (χ2n) is 9.90. The molecule has 14 nitrogen and oxygen atoms in total. The second-order valence-corrected chi connectivity index (χ2v) is 9.90. The number of ether oxygens (including phenoxy) is 4. The van der Waals surface area contributed by atoms with Crippen LogP contribution < -0.4 is 4.74 Å². The molecular weight excluding hydrogens is 548 g/mol. The number of aliphatic hydroxyl groups is 7. The standard InChI is InChI=1S/C27H32O14/c28-15-6-8-17(14(10-15)11-39-26(36)27(37)19(30)9-7-16(29)23(27)34)40-25-22(33)21(32)20(31)18(41-25)12-38-24(35)13-4-2-1-3-5-13/h1-6,8,10,16,18-23,25,28-34,37H,7,9,11-12H2/t16-,18+,19+,20-,21-,22-,23-,25+,27+/m0/s1. The third kappa shape index (κ3) is 6.45. The average molecular weight is 581 g/mol. The number of esters is 2. The third-order valence-electron chi connectivity index (χ3n) is 7.09. The van der Waals surface area contributed by atoms with Gasteiger partial charge in [0, 0.05) is 5.56 Å². The zero-order chi connectivity index (χ0) is 29.9. The van der Waals surface area contributed by atoms with Crippen LogP contribution in [0.5, 0.6) is 11.5 Å². The molecule has 0 radical (unpaired) electrons. The highest BCUT2D eigenvalue weighted by Gasteiger charge is 2.56. The lowest BCUT2D eigenvalue weighted by atomic mass is 9.78. The van der Waals surface area contributed by atoms with Gasteiger partial charge in [-0.3, -0.25) is 0 Å². The highest BCUT2D eigenvalue weighted by molar-refractivity contribution is 5.89. The summed E-state index contributed by atoms with van der Waals surface area (Å²) in [6, 6.07) is 11.5. The number of carbonyl (C=O) groups is 2. The van der Waals surface area contributed by atoms with Gasteiger partial charge in [0.25, 0.3) is 0 Å². The number of hydrogen-bond acceptors (Lipinski definition) is 14. The van der Waals surface area contributed by atoms with Crippen LogP contribution in [0.25, 0.3) is 0 Å². The normalized spacial score (nSPS) is 33.5. The van der Waals surface area contributed by atoms with Crippen molar-refractivity contribution in [1.82, 2.24) is 0 Å². The zero-order valence-corrected chi connectivity index (χ0v) is 21.6. The van der Waals surface area contributed by atoms with Crippen molar-refractivity contribution < 1.29 is 69.4 Å². The van der Waals surface area contributed by atoms with Crippen LogP contribution >= 0.6 is 0 Å². The fraction of sp³-hybridized carbons (Fsp3) is 0.481. The SMILES string of the molecule is O=C(OC[C@H]1O[C@@H](Oc2ccc(O)cc2COC(=O)[C@@]2(O)[C@H](O)CC[C@H](O)[C@@H]2O)[C@@H](O)[C@@H](O)[C@H]1O)c1ccccc1. The molecule has 0 aromatic heterocycles. The molecule has 0 bridgehead atoms. The molecule has 1 saturated heterocycles. The van der Waals surface area contributed by atoms with E-state index in [1.54, 1.807) is 18.2 Å². The molecule has 2 fully saturated rings. The average Bonchev–Trinajstić information content (AvgIpc) is 2.97. The summed E-state index contributed by atoms with van der Waals surface area (Å²) in [5.74, 6) is -2.58. The Balaban J connectivity index is 1.45. The first-order valence-electron chi connectivity index (χ1n) is 12.8. The van der Waals surface area contributed by atoms with Crippen LogP contribution in [0.3, 0.4) is 0 Å². The summed E-state index contributed by atoms with van der Waals surface area (Å²) in [7, 11) is 0. The lowest BCUT2D eigenvalue weighted by Gasteiger charge is -2.41. The van der Waals surface area contributed by atoms with Crippen LogP contribution in [0, 0.1) is 0 Å². The number of benzene rings is 2. The molecule has 0 unspecified atom stereocenters. The smallest absolute Gasteiger partial charge is 0.344 e. The minimum atomic E-state index is -2.82. The van der Waals surface area contributed by atoms with E-state index in [4.69, 9.17) is 18.9 Å². The van der Waals surface area contributed by atoms with E-state index >= 15 is 0 Å². The van der Waals surface area contributed by atoms with Crippen molar-refractivity contribution in [1.29, 1.82) is 0 Å². The molecule has 14 heteroatoms. The molecule has 1 aliphatic heterocycles. The van der Waals surface area contributed by atoms with Gasteiger partial charge in [-0.15, -0.1) is 0 Å². The molecule has 8 N–H and O–H groups in total. The molecule has 1 heterocycles. The van der Waals surface area contributed by atoms with Crippen molar-refractivity contribution in [2.45, 2.75) is 74.1 Å². The number of hydrogen-bond donors (Lipinski definition) is 8. The maximum absolute atomic E-state index is 12.7. The van der Waals surface area contributed by atoms with E-state index in [1.807, 2.05) is 0 Å². The molecule has 9 atom stereocenters. The molecule has 2 aromatic rings. The van der Waals surface area contributed by atoms with E-state index in [2.05, 4.69) is 0 Å². The van der Waals surface area contributed by atoms with E-state index in [-0.39, 0.29) is 35.5 Å². The molecule has 0 spiro atoms. The first-order valence-corrected chi connectivity index (χ1v) is 12.8. The molecule has 4 rings (SSSR count). The fourth-order valence-corrected chi connectivity index (χ4v) is 4.60. The highest BCUT2D eigenvalue weighted by atomic mass is 16.7. The van der Waals surface area contributed by atoms with E-state index in [1.165, 1.54) is 24.3 Å². The van der Waals surface area contributed by atoms with Gasteiger partial charge in [0.05, 0.1) is 17.8 Å². The van der Waals surface area contributed by atoms with Gasteiger partial charge in [-0.25, -0.2) is 9.59 Å². The molecule has 1 aliphatic carbocycles. The molecule has 0 amide bonds. The first-order chi connectivity index (χ1) is 19.4. The summed E-state index contributed by atoms with van der Waals surface area (Å²) in [4.78, 5) is 25.0. The van der Waals surface area contributed by atoms with Crippen LogP contribution in [0.4, 0.5) is 0 Å². The first kappa shape index (κ1) is 30.6. The van der Waals surface area contributed by atoms with Crippen molar-refractivity contribution in [3.63, 3.8) is 0 Å². The Bertz CT molecular complexity index is 1210. The summed E-state index contributed by atoms with van der Waals surface area (Å²) in [6.07, 6.45) is -13.6. The largest absolute Gasteiger partial charge is 0.508 e.